The summed E-state index contributed by atoms with van der Waals surface area (Å²) >= 11 is 13.0. The van der Waals surface area contributed by atoms with Gasteiger partial charge in [-0.25, -0.2) is 9.18 Å². The summed E-state index contributed by atoms with van der Waals surface area (Å²) in [6.07, 6.45) is 3.90. The number of hydrogen-bond acceptors (Lipinski definition) is 5. The van der Waals surface area contributed by atoms with Gasteiger partial charge in [-0.3, -0.25) is 0 Å². The normalized spacial score (nSPS) is 19.4. The number of rotatable bonds is 7. The fourth-order valence-corrected chi connectivity index (χ4v) is 6.64. The first kappa shape index (κ1) is 24.5. The molecule has 0 amide bonds. The molecule has 9 heteroatoms. The van der Waals surface area contributed by atoms with E-state index < -0.39 is 11.8 Å². The Hall–Kier alpha value is -3.55. The SMILES string of the molecule is O=C(O)c1cc(F)cc(N2C3CCC2c2cc(OCc4c(-c5c(Cl)cccc5Cl)noc4C4CC4)ccc23)c1. The first-order chi connectivity index (χ1) is 18.9. The predicted octanol–water partition coefficient (Wildman–Crippen LogP) is 8.34. The van der Waals surface area contributed by atoms with Crippen LogP contribution in [0.5, 0.6) is 5.75 Å². The number of carboxylic acid groups (broad SMARTS) is 1. The minimum Gasteiger partial charge on any atom is -0.489 e. The predicted molar refractivity (Wildman–Crippen MR) is 145 cm³/mol. The van der Waals surface area contributed by atoms with E-state index >= 15 is 0 Å². The molecule has 2 bridgehead atoms. The minimum atomic E-state index is -1.15. The van der Waals surface area contributed by atoms with Gasteiger partial charge >= 0.3 is 5.97 Å². The molecule has 198 valence electrons. The molecule has 3 heterocycles. The van der Waals surface area contributed by atoms with Crippen LogP contribution >= 0.6 is 23.2 Å². The van der Waals surface area contributed by atoms with Crippen molar-refractivity contribution < 1.29 is 23.6 Å². The van der Waals surface area contributed by atoms with Crippen LogP contribution in [0.15, 0.2) is 59.1 Å². The van der Waals surface area contributed by atoms with Gasteiger partial charge in [0.1, 0.15) is 29.6 Å². The Kier molecular flexibility index (Phi) is 5.83. The van der Waals surface area contributed by atoms with Crippen molar-refractivity contribution in [1.29, 1.82) is 0 Å². The molecule has 1 saturated heterocycles. The number of carboxylic acids is 1. The highest BCUT2D eigenvalue weighted by Crippen LogP contribution is 2.56. The van der Waals surface area contributed by atoms with Gasteiger partial charge in [0.15, 0.2) is 0 Å². The van der Waals surface area contributed by atoms with E-state index in [9.17, 15) is 14.3 Å². The molecule has 39 heavy (non-hydrogen) atoms. The summed E-state index contributed by atoms with van der Waals surface area (Å²) in [4.78, 5) is 13.7. The molecular weight excluding hydrogens is 542 g/mol. The van der Waals surface area contributed by atoms with Crippen LogP contribution in [0, 0.1) is 5.82 Å². The maximum Gasteiger partial charge on any atom is 0.335 e. The number of benzene rings is 3. The highest BCUT2D eigenvalue weighted by molar-refractivity contribution is 6.39. The zero-order valence-corrected chi connectivity index (χ0v) is 22.2. The van der Waals surface area contributed by atoms with Crippen LogP contribution in [0.25, 0.3) is 11.3 Å². The second-order valence-corrected chi connectivity index (χ2v) is 11.2. The van der Waals surface area contributed by atoms with Gasteiger partial charge in [-0.15, -0.1) is 0 Å². The van der Waals surface area contributed by atoms with Crippen LogP contribution in [-0.4, -0.2) is 16.2 Å². The van der Waals surface area contributed by atoms with Crippen LogP contribution in [0.3, 0.4) is 0 Å². The number of fused-ring (bicyclic) bond motifs is 5. The first-order valence-electron chi connectivity index (χ1n) is 12.9. The van der Waals surface area contributed by atoms with Crippen molar-refractivity contribution in [1.82, 2.24) is 5.16 Å². The number of anilines is 1. The molecule has 2 fully saturated rings. The van der Waals surface area contributed by atoms with Crippen molar-refractivity contribution >= 4 is 34.9 Å². The summed E-state index contributed by atoms with van der Waals surface area (Å²) in [6, 6.07) is 15.5. The Morgan fingerprint density at radius 3 is 2.49 bits per heavy atom. The second-order valence-electron chi connectivity index (χ2n) is 10.3. The molecule has 2 unspecified atom stereocenters. The molecule has 1 aliphatic carbocycles. The minimum absolute atomic E-state index is 0.0205. The third-order valence-electron chi connectivity index (χ3n) is 7.94. The molecule has 2 aliphatic heterocycles. The van der Waals surface area contributed by atoms with Gasteiger partial charge in [0.2, 0.25) is 0 Å². The average Bonchev–Trinajstić information content (AvgIpc) is 3.42. The summed E-state index contributed by atoms with van der Waals surface area (Å²) < 4.78 is 26.4. The fraction of sp³-hybridized carbons (Fsp3) is 0.267. The van der Waals surface area contributed by atoms with E-state index in [-0.39, 0.29) is 24.3 Å². The van der Waals surface area contributed by atoms with Crippen LogP contribution in [0.4, 0.5) is 10.1 Å². The Bertz CT molecular complexity index is 1610. The molecular formula is C30H23Cl2FN2O4. The van der Waals surface area contributed by atoms with E-state index in [4.69, 9.17) is 32.5 Å². The number of hydrogen-bond donors (Lipinski definition) is 1. The zero-order chi connectivity index (χ0) is 26.8. The van der Waals surface area contributed by atoms with E-state index in [1.807, 2.05) is 12.1 Å². The summed E-state index contributed by atoms with van der Waals surface area (Å²) in [5.74, 6) is 0.127. The third-order valence-corrected chi connectivity index (χ3v) is 8.57. The summed E-state index contributed by atoms with van der Waals surface area (Å²) in [6.45, 7) is 0.245. The molecule has 4 aromatic rings. The summed E-state index contributed by atoms with van der Waals surface area (Å²) in [5, 5.41) is 14.8. The molecule has 1 N–H and O–H groups in total. The van der Waals surface area contributed by atoms with Crippen LogP contribution in [-0.2, 0) is 6.61 Å². The quantitative estimate of drug-likeness (QED) is 0.243. The molecule has 1 saturated carbocycles. The van der Waals surface area contributed by atoms with E-state index in [0.29, 0.717) is 38.7 Å². The van der Waals surface area contributed by atoms with Crippen molar-refractivity contribution in [3.63, 3.8) is 0 Å². The van der Waals surface area contributed by atoms with Gasteiger partial charge in [-0.1, -0.05) is 40.5 Å². The third kappa shape index (κ3) is 4.15. The van der Waals surface area contributed by atoms with Gasteiger partial charge in [-0.2, -0.15) is 0 Å². The summed E-state index contributed by atoms with van der Waals surface area (Å²) in [5.41, 5.74) is 4.88. The van der Waals surface area contributed by atoms with Crippen LogP contribution < -0.4 is 9.64 Å². The smallest absolute Gasteiger partial charge is 0.335 e. The number of nitrogens with zero attached hydrogens (tertiary/aromatic N) is 2. The van der Waals surface area contributed by atoms with Crippen molar-refractivity contribution in [2.75, 3.05) is 4.90 Å². The molecule has 3 aliphatic rings. The number of halogens is 3. The largest absolute Gasteiger partial charge is 0.489 e. The highest BCUT2D eigenvalue weighted by atomic mass is 35.5. The lowest BCUT2D eigenvalue weighted by molar-refractivity contribution is 0.0696. The number of aromatic nitrogens is 1. The number of carbonyl (C=O) groups is 1. The lowest BCUT2D eigenvalue weighted by atomic mass is 9.92. The van der Waals surface area contributed by atoms with Gasteiger partial charge < -0.3 is 19.3 Å². The van der Waals surface area contributed by atoms with Gasteiger partial charge in [-0.05, 0) is 79.3 Å². The van der Waals surface area contributed by atoms with E-state index in [0.717, 1.165) is 54.2 Å². The lowest BCUT2D eigenvalue weighted by Crippen LogP contribution is -2.19. The van der Waals surface area contributed by atoms with Crippen molar-refractivity contribution in [3.05, 3.63) is 98.5 Å². The number of aromatic carboxylic acids is 1. The molecule has 0 spiro atoms. The Labute approximate surface area is 233 Å². The monoisotopic (exact) mass is 564 g/mol. The lowest BCUT2D eigenvalue weighted by Gasteiger charge is -2.25. The maximum atomic E-state index is 14.3. The van der Waals surface area contributed by atoms with Crippen molar-refractivity contribution in [2.24, 2.45) is 0 Å². The molecule has 3 aromatic carbocycles. The Morgan fingerprint density at radius 1 is 1.03 bits per heavy atom. The Balaban J connectivity index is 1.18. The Morgan fingerprint density at radius 2 is 1.77 bits per heavy atom. The molecule has 7 rings (SSSR count). The molecule has 1 aromatic heterocycles. The van der Waals surface area contributed by atoms with Gasteiger partial charge in [0, 0.05) is 17.2 Å². The van der Waals surface area contributed by atoms with Gasteiger partial charge in [0.05, 0.1) is 33.3 Å². The maximum absolute atomic E-state index is 14.3. The first-order valence-corrected chi connectivity index (χ1v) is 13.7. The molecule has 0 radical (unpaired) electrons. The standard InChI is InChI=1S/C30H23Cl2FN2O4/c31-23-2-1-3-24(32)27(23)28-22(29(39-34-28)15-4-5-15)14-38-19-6-7-20-21(13-19)26-9-8-25(20)35(26)18-11-16(30(36)37)10-17(33)12-18/h1-3,6-7,10-13,15,25-26H,4-5,8-9,14H2,(H,36,37). The van der Waals surface area contributed by atoms with Gasteiger partial charge in [0.25, 0.3) is 0 Å². The van der Waals surface area contributed by atoms with Crippen molar-refractivity contribution in [2.45, 2.75) is 50.3 Å². The average molecular weight is 565 g/mol. The van der Waals surface area contributed by atoms with E-state index in [1.54, 1.807) is 24.3 Å². The molecule has 6 nitrogen and oxygen atoms in total. The molecule has 2 atom stereocenters. The number of ether oxygens (including phenoxy) is 1. The van der Waals surface area contributed by atoms with E-state index in [1.165, 1.54) is 6.07 Å². The van der Waals surface area contributed by atoms with Crippen molar-refractivity contribution in [3.8, 4) is 17.0 Å². The van der Waals surface area contributed by atoms with Crippen LogP contribution in [0.2, 0.25) is 10.0 Å². The second kappa shape index (κ2) is 9.28. The zero-order valence-electron chi connectivity index (χ0n) is 20.7. The van der Waals surface area contributed by atoms with E-state index in [2.05, 4.69) is 16.1 Å². The van der Waals surface area contributed by atoms with Crippen LogP contribution in [0.1, 0.15) is 76.5 Å². The summed E-state index contributed by atoms with van der Waals surface area (Å²) in [7, 11) is 0. The highest BCUT2D eigenvalue weighted by Gasteiger charge is 2.44. The fourth-order valence-electron chi connectivity index (χ4n) is 6.07. The topological polar surface area (TPSA) is 75.8 Å².